The van der Waals surface area contributed by atoms with E-state index in [1.165, 1.54) is 34.6 Å². The van der Waals surface area contributed by atoms with Crippen molar-refractivity contribution in [3.63, 3.8) is 0 Å². The highest BCUT2D eigenvalue weighted by Gasteiger charge is 2.39. The number of hydrogen-bond acceptors (Lipinski definition) is 21. The Labute approximate surface area is 632 Å². The molecule has 15 atom stereocenters. The highest BCUT2D eigenvalue weighted by atomic mass is 16.4. The zero-order chi connectivity index (χ0) is 83.2. The second-order valence-electron chi connectivity index (χ2n) is 29.4. The van der Waals surface area contributed by atoms with Gasteiger partial charge in [-0.2, -0.15) is 0 Å². The number of aliphatic carboxylic acids is 2. The van der Waals surface area contributed by atoms with E-state index in [9.17, 15) is 96.8 Å². The molecule has 0 bridgehead atoms. The minimum Gasteiger partial charge on any atom is -0.481 e. The summed E-state index contributed by atoms with van der Waals surface area (Å²) in [5.74, 6) is -19.1. The van der Waals surface area contributed by atoms with Gasteiger partial charge in [0.2, 0.25) is 88.6 Å². The third-order valence-corrected chi connectivity index (χ3v) is 17.2. The minimum atomic E-state index is -1.85. The Morgan fingerprint density at radius 3 is 1.06 bits per heavy atom. The average molecular weight is 1540 g/mol. The molecule has 0 saturated heterocycles. The van der Waals surface area contributed by atoms with Gasteiger partial charge in [0.25, 0.3) is 0 Å². The Balaban J connectivity index is 5.91. The molecular weight excluding hydrogens is 1410 g/mol. The van der Waals surface area contributed by atoms with Crippen LogP contribution in [0.4, 0.5) is 0 Å². The van der Waals surface area contributed by atoms with E-state index in [4.69, 9.17) is 17.2 Å². The van der Waals surface area contributed by atoms with Crippen LogP contribution in [0.3, 0.4) is 0 Å². The molecule has 0 fully saturated rings. The molecule has 0 saturated carbocycles. The molecule has 38 heteroatoms. The molecular formula is C70H126N18O20. The zero-order valence-corrected chi connectivity index (χ0v) is 65.7. The molecule has 38 nitrogen and oxygen atoms in total. The lowest BCUT2D eigenvalue weighted by Gasteiger charge is -2.30. The third kappa shape index (κ3) is 37.6. The number of carboxylic acids is 2. The van der Waals surface area contributed by atoms with Crippen LogP contribution in [0.15, 0.2) is 0 Å². The van der Waals surface area contributed by atoms with E-state index in [0.717, 1.165) is 0 Å². The summed E-state index contributed by atoms with van der Waals surface area (Å²) in [6.45, 7) is 25.4. The van der Waals surface area contributed by atoms with E-state index in [0.29, 0.717) is 45.1 Å². The average Bonchev–Trinajstić information content (AvgIpc) is 0.853. The first-order chi connectivity index (χ1) is 50.2. The molecule has 24 N–H and O–H groups in total. The number of unbranched alkanes of at least 4 members (excludes halogenated alkanes) is 2. The Bertz CT molecular complexity index is 3020. The van der Waals surface area contributed by atoms with Gasteiger partial charge in [0, 0.05) is 0 Å². The van der Waals surface area contributed by atoms with Crippen molar-refractivity contribution in [2.24, 2.45) is 58.6 Å². The molecule has 0 spiro atoms. The summed E-state index contributed by atoms with van der Waals surface area (Å²) in [5, 5.41) is 66.7. The van der Waals surface area contributed by atoms with Gasteiger partial charge in [-0.05, 0) is 120 Å². The topological polar surface area (TPSA) is 609 Å². The van der Waals surface area contributed by atoms with Gasteiger partial charge in [-0.3, -0.25) is 76.7 Å². The summed E-state index contributed by atoms with van der Waals surface area (Å²) in [5.41, 5.74) is 17.3. The van der Waals surface area contributed by atoms with Gasteiger partial charge in [-0.25, -0.2) is 4.79 Å². The Morgan fingerprint density at radius 2 is 0.667 bits per heavy atom. The van der Waals surface area contributed by atoms with Crippen LogP contribution in [-0.4, -0.2) is 233 Å². The van der Waals surface area contributed by atoms with Gasteiger partial charge in [-0.15, -0.1) is 0 Å². The maximum atomic E-state index is 13.9. The van der Waals surface area contributed by atoms with Crippen LogP contribution in [0, 0.1) is 41.4 Å². The van der Waals surface area contributed by atoms with E-state index >= 15 is 0 Å². The van der Waals surface area contributed by atoms with Crippen molar-refractivity contribution in [3.05, 3.63) is 0 Å². The van der Waals surface area contributed by atoms with Crippen LogP contribution in [0.1, 0.15) is 182 Å². The van der Waals surface area contributed by atoms with E-state index in [1.807, 2.05) is 13.8 Å². The molecule has 0 heterocycles. The normalized spacial score (nSPS) is 15.5. The highest BCUT2D eigenvalue weighted by molar-refractivity contribution is 6.00. The molecule has 0 aliphatic rings. The van der Waals surface area contributed by atoms with E-state index in [1.54, 1.807) is 69.2 Å². The molecule has 616 valence electrons. The quantitative estimate of drug-likeness (QED) is 0.0255. The summed E-state index contributed by atoms with van der Waals surface area (Å²) < 4.78 is 0. The number of aliphatic hydroxyl groups excluding tert-OH is 1. The van der Waals surface area contributed by atoms with Gasteiger partial charge >= 0.3 is 11.9 Å². The number of carbonyl (C=O) groups is 17. The van der Waals surface area contributed by atoms with Crippen LogP contribution in [0.25, 0.3) is 0 Å². The first-order valence-electron chi connectivity index (χ1n) is 37.0. The number of rotatable bonds is 52. The number of aliphatic hydroxyl groups is 1. The van der Waals surface area contributed by atoms with Gasteiger partial charge in [0.1, 0.15) is 72.5 Å². The molecule has 108 heavy (non-hydrogen) atoms. The zero-order valence-electron chi connectivity index (χ0n) is 65.7. The summed E-state index contributed by atoms with van der Waals surface area (Å²) >= 11 is 0. The molecule has 0 radical (unpaired) electrons. The van der Waals surface area contributed by atoms with Gasteiger partial charge in [0.05, 0.1) is 38.2 Å². The molecule has 0 aliphatic carbocycles. The predicted octanol–water partition coefficient (Wildman–Crippen LogP) is -4.52. The first kappa shape index (κ1) is 98.8. The summed E-state index contributed by atoms with van der Waals surface area (Å²) in [6, 6.07) is -17.3. The van der Waals surface area contributed by atoms with Crippen molar-refractivity contribution >= 4 is 101 Å². The molecule has 0 aromatic rings. The van der Waals surface area contributed by atoms with E-state index in [2.05, 4.69) is 79.8 Å². The van der Waals surface area contributed by atoms with Crippen LogP contribution < -0.4 is 97.0 Å². The maximum Gasteiger partial charge on any atom is 0.326 e. The van der Waals surface area contributed by atoms with Crippen LogP contribution >= 0.6 is 0 Å². The number of amides is 15. The number of carbonyl (C=O) groups excluding carboxylic acids is 15. The SMILES string of the molecule is CCC(C)C(NC(=O)C(NC(=O)C(CC(C)C)NC(=O)C(C)NC(=O)C(CCCCN)NC(=O)CNC(=O)C(NC(=O)C(CC(=O)O)NC(=O)CNC(=O)C(C)NC(=O)CNC(=O)C(NC(=O)C(NC(=O)C(NC(=O)C(CC(C)C)NC(=O)C(N)CCCCN)C(C)C)C(C)C)C(C)C)C(C)C)C(C)O)C(=O)O. The maximum absolute atomic E-state index is 13.9. The minimum absolute atomic E-state index is 0.00948. The third-order valence-electron chi connectivity index (χ3n) is 17.2. The summed E-state index contributed by atoms with van der Waals surface area (Å²) in [6.07, 6.45) is 0.420. The van der Waals surface area contributed by atoms with Crippen molar-refractivity contribution in [1.29, 1.82) is 0 Å². The van der Waals surface area contributed by atoms with Crippen molar-refractivity contribution in [2.45, 2.75) is 267 Å². The van der Waals surface area contributed by atoms with Crippen molar-refractivity contribution < 1.29 is 96.8 Å². The summed E-state index contributed by atoms with van der Waals surface area (Å²) in [7, 11) is 0. The van der Waals surface area contributed by atoms with E-state index in [-0.39, 0.29) is 37.6 Å². The Hall–Kier alpha value is -9.17. The first-order valence-corrected chi connectivity index (χ1v) is 37.0. The van der Waals surface area contributed by atoms with Gasteiger partial charge < -0.3 is 112 Å². The number of hydrogen-bond donors (Lipinski definition) is 21. The fourth-order valence-electron chi connectivity index (χ4n) is 10.6. The fraction of sp³-hybridized carbons (Fsp3) is 0.757. The van der Waals surface area contributed by atoms with Crippen molar-refractivity contribution in [2.75, 3.05) is 32.7 Å². The lowest BCUT2D eigenvalue weighted by atomic mass is 9.97. The molecule has 0 rings (SSSR count). The van der Waals surface area contributed by atoms with Gasteiger partial charge in [0.15, 0.2) is 0 Å². The smallest absolute Gasteiger partial charge is 0.326 e. The van der Waals surface area contributed by atoms with Crippen LogP contribution in [0.2, 0.25) is 0 Å². The monoisotopic (exact) mass is 1540 g/mol. The highest BCUT2D eigenvalue weighted by Crippen LogP contribution is 2.15. The fourth-order valence-corrected chi connectivity index (χ4v) is 10.6. The van der Waals surface area contributed by atoms with Crippen LogP contribution in [-0.2, 0) is 81.5 Å². The van der Waals surface area contributed by atoms with Crippen LogP contribution in [0.5, 0.6) is 0 Å². The number of carboxylic acid groups (broad SMARTS) is 2. The lowest BCUT2D eigenvalue weighted by Crippen LogP contribution is -2.61. The predicted molar refractivity (Wildman–Crippen MR) is 397 cm³/mol. The lowest BCUT2D eigenvalue weighted by molar-refractivity contribution is -0.144. The molecule has 15 unspecified atom stereocenters. The summed E-state index contributed by atoms with van der Waals surface area (Å²) in [4.78, 5) is 226. The van der Waals surface area contributed by atoms with E-state index < -0.39 is 241 Å². The van der Waals surface area contributed by atoms with Gasteiger partial charge in [-0.1, -0.05) is 110 Å². The second kappa shape index (κ2) is 50.5. The molecule has 15 amide bonds. The molecule has 0 aromatic heterocycles. The molecule has 0 aliphatic heterocycles. The second-order valence-corrected chi connectivity index (χ2v) is 29.4. The largest absolute Gasteiger partial charge is 0.481 e. The Kier molecular flexibility index (Phi) is 46.2. The van der Waals surface area contributed by atoms with Crippen molar-refractivity contribution in [3.8, 4) is 0 Å². The number of nitrogens with two attached hydrogens (primary N) is 3. The number of nitrogens with one attached hydrogen (secondary N) is 15. The Morgan fingerprint density at radius 1 is 0.333 bits per heavy atom. The standard InChI is InChI=1S/C70H126N18O20/c1-18-39(14)56(70(107)108)87-69(106)57(42(17)89)88-63(100)45(27-33(2)3)81-59(96)41(16)78-61(98)44(24-20-22-26-72)79-49(91)32-76-65(102)52(35(6)7)83-64(101)47(29-51(93)94)80-50(92)31-74-58(95)40(15)77-48(90)30-75-66(103)53(36(8)9)85-68(105)55(38(12)13)86-67(104)54(37(10)11)84-62(99)46(28-34(4)5)82-60(97)43(73)23-19-21-25-71/h33-47,52-57,89H,18-32,71-73H2,1-17H3,(H,74,95)(H,75,103)(H,76,102)(H,77,90)(H,78,98)(H,79,91)(H,80,92)(H,81,96)(H,82,97)(H,83,101)(H,84,99)(H,85,105)(H,86,104)(H,87,106)(H,88,100)(H,93,94)(H,107,108). The van der Waals surface area contributed by atoms with Crippen molar-refractivity contribution in [1.82, 2.24) is 79.8 Å². The molecule has 0 aromatic carbocycles.